The molecule has 80 valence electrons. The van der Waals surface area contributed by atoms with Gasteiger partial charge < -0.3 is 0 Å². The highest BCUT2D eigenvalue weighted by Gasteiger charge is 2.33. The first-order chi connectivity index (χ1) is 7.22. The van der Waals surface area contributed by atoms with Crippen LogP contribution in [0.5, 0.6) is 0 Å². The van der Waals surface area contributed by atoms with Gasteiger partial charge in [0, 0.05) is 18.3 Å². The van der Waals surface area contributed by atoms with Crippen LogP contribution < -0.4 is 0 Å². The van der Waals surface area contributed by atoms with Gasteiger partial charge in [-0.15, -0.1) is 11.3 Å². The number of amides is 2. The molecule has 0 bridgehead atoms. The summed E-state index contributed by atoms with van der Waals surface area (Å²) in [5.74, 6) is -0.00265. The maximum absolute atomic E-state index is 11.8. The van der Waals surface area contributed by atoms with Crippen molar-refractivity contribution < 1.29 is 9.59 Å². The van der Waals surface area contributed by atoms with Crippen molar-refractivity contribution in [2.75, 3.05) is 6.54 Å². The van der Waals surface area contributed by atoms with Gasteiger partial charge in [0.2, 0.25) is 5.91 Å². The number of carbonyl (C=O) groups excluding carboxylic acids is 2. The summed E-state index contributed by atoms with van der Waals surface area (Å²) in [6.07, 6.45) is 1.43. The van der Waals surface area contributed by atoms with Crippen LogP contribution in [0.15, 0.2) is 10.9 Å². The Bertz CT molecular complexity index is 375. The number of nitrogens with zero attached hydrogens (tertiary/aromatic N) is 2. The highest BCUT2D eigenvalue weighted by molar-refractivity contribution is 7.07. The first-order valence-electron chi connectivity index (χ1n) is 4.95. The normalized spacial score (nSPS) is 21.0. The second kappa shape index (κ2) is 4.10. The van der Waals surface area contributed by atoms with Crippen molar-refractivity contribution in [2.45, 2.75) is 19.8 Å². The number of aromatic nitrogens is 1. The molecule has 0 aromatic carbocycles. The highest BCUT2D eigenvalue weighted by Crippen LogP contribution is 2.22. The molecule has 2 amide bonds. The van der Waals surface area contributed by atoms with Gasteiger partial charge in [-0.25, -0.2) is 4.98 Å². The van der Waals surface area contributed by atoms with Crippen LogP contribution in [0.1, 0.15) is 30.3 Å². The minimum atomic E-state index is -0.253. The van der Waals surface area contributed by atoms with E-state index in [1.165, 1.54) is 16.2 Å². The van der Waals surface area contributed by atoms with Crippen molar-refractivity contribution >= 4 is 23.2 Å². The van der Waals surface area contributed by atoms with Crippen LogP contribution in [-0.2, 0) is 4.79 Å². The zero-order valence-electron chi connectivity index (χ0n) is 8.47. The molecule has 1 fully saturated rings. The van der Waals surface area contributed by atoms with E-state index in [0.29, 0.717) is 24.6 Å². The minimum absolute atomic E-state index is 0.0696. The van der Waals surface area contributed by atoms with Crippen LogP contribution in [0, 0.1) is 5.92 Å². The molecule has 1 aliphatic heterocycles. The maximum Gasteiger partial charge on any atom is 0.279 e. The Labute approximate surface area is 91.9 Å². The van der Waals surface area contributed by atoms with E-state index in [4.69, 9.17) is 0 Å². The number of rotatable bonds is 2. The molecule has 4 nitrogen and oxygen atoms in total. The Balaban J connectivity index is 2.12. The Kier molecular flexibility index (Phi) is 2.81. The van der Waals surface area contributed by atoms with Crippen LogP contribution in [0.2, 0.25) is 0 Å². The smallest absolute Gasteiger partial charge is 0.277 e. The van der Waals surface area contributed by atoms with E-state index in [1.807, 2.05) is 6.92 Å². The fourth-order valence-electron chi connectivity index (χ4n) is 1.71. The molecule has 15 heavy (non-hydrogen) atoms. The number of carbonyl (C=O) groups is 2. The van der Waals surface area contributed by atoms with Crippen LogP contribution in [0.4, 0.5) is 0 Å². The molecule has 2 rings (SSSR count). The van der Waals surface area contributed by atoms with Crippen LogP contribution in [0.3, 0.4) is 0 Å². The SMILES string of the molecule is CCC1CC(=O)N(C(=O)c2cscn2)C1. The number of hydrogen-bond donors (Lipinski definition) is 0. The molecule has 0 aliphatic carbocycles. The van der Waals surface area contributed by atoms with Crippen molar-refractivity contribution in [3.8, 4) is 0 Å². The largest absolute Gasteiger partial charge is 0.279 e. The number of thiazole rings is 1. The van der Waals surface area contributed by atoms with Crippen LogP contribution >= 0.6 is 11.3 Å². The Morgan fingerprint density at radius 3 is 3.07 bits per heavy atom. The van der Waals surface area contributed by atoms with Gasteiger partial charge in [-0.3, -0.25) is 14.5 Å². The molecule has 2 heterocycles. The fourth-order valence-corrected chi connectivity index (χ4v) is 2.23. The molecule has 1 unspecified atom stereocenters. The Morgan fingerprint density at radius 2 is 2.53 bits per heavy atom. The van der Waals surface area contributed by atoms with Crippen LogP contribution in [0.25, 0.3) is 0 Å². The summed E-state index contributed by atoms with van der Waals surface area (Å²) in [7, 11) is 0. The lowest BCUT2D eigenvalue weighted by molar-refractivity contribution is -0.125. The van der Waals surface area contributed by atoms with Crippen molar-refractivity contribution in [1.82, 2.24) is 9.88 Å². The van der Waals surface area contributed by atoms with E-state index >= 15 is 0 Å². The lowest BCUT2D eigenvalue weighted by atomic mass is 10.1. The quantitative estimate of drug-likeness (QED) is 0.716. The van der Waals surface area contributed by atoms with Crippen molar-refractivity contribution in [1.29, 1.82) is 0 Å². The molecule has 1 aliphatic rings. The Morgan fingerprint density at radius 1 is 1.73 bits per heavy atom. The summed E-state index contributed by atoms with van der Waals surface area (Å²) in [5.41, 5.74) is 1.98. The van der Waals surface area contributed by atoms with Crippen molar-refractivity contribution in [3.05, 3.63) is 16.6 Å². The van der Waals surface area contributed by atoms with Gasteiger partial charge in [0.15, 0.2) is 0 Å². The lowest BCUT2D eigenvalue weighted by Gasteiger charge is -2.12. The van der Waals surface area contributed by atoms with Crippen molar-refractivity contribution in [3.63, 3.8) is 0 Å². The molecule has 0 spiro atoms. The second-order valence-corrected chi connectivity index (χ2v) is 4.38. The summed E-state index contributed by atoms with van der Waals surface area (Å²) in [6, 6.07) is 0. The topological polar surface area (TPSA) is 50.3 Å². The third-order valence-electron chi connectivity index (χ3n) is 2.68. The molecular weight excluding hydrogens is 212 g/mol. The first-order valence-corrected chi connectivity index (χ1v) is 5.89. The zero-order chi connectivity index (χ0) is 10.8. The Hall–Kier alpha value is -1.23. The molecular formula is C10H12N2O2S. The van der Waals surface area contributed by atoms with Gasteiger partial charge in [0.25, 0.3) is 5.91 Å². The molecule has 1 saturated heterocycles. The lowest BCUT2D eigenvalue weighted by Crippen LogP contribution is -2.32. The molecule has 1 aromatic rings. The number of likely N-dealkylation sites (tertiary alicyclic amines) is 1. The van der Waals surface area contributed by atoms with Gasteiger partial charge >= 0.3 is 0 Å². The molecule has 0 radical (unpaired) electrons. The maximum atomic E-state index is 11.8. The molecule has 0 N–H and O–H groups in total. The predicted octanol–water partition coefficient (Wildman–Crippen LogP) is 1.54. The van der Waals surface area contributed by atoms with Gasteiger partial charge in [-0.05, 0) is 5.92 Å². The van der Waals surface area contributed by atoms with Gasteiger partial charge in [-0.2, -0.15) is 0 Å². The van der Waals surface area contributed by atoms with E-state index in [-0.39, 0.29) is 11.8 Å². The molecule has 0 saturated carbocycles. The molecule has 5 heteroatoms. The standard InChI is InChI=1S/C10H12N2O2S/c1-2-7-3-9(13)12(4-7)10(14)8-5-15-6-11-8/h5-7H,2-4H2,1H3. The average molecular weight is 224 g/mol. The zero-order valence-corrected chi connectivity index (χ0v) is 9.29. The van der Waals surface area contributed by atoms with Gasteiger partial charge in [0.05, 0.1) is 5.51 Å². The predicted molar refractivity (Wildman–Crippen MR) is 56.6 cm³/mol. The minimum Gasteiger partial charge on any atom is -0.277 e. The van der Waals surface area contributed by atoms with Crippen molar-refractivity contribution in [2.24, 2.45) is 5.92 Å². The van der Waals surface area contributed by atoms with E-state index in [2.05, 4.69) is 4.98 Å². The van der Waals surface area contributed by atoms with E-state index in [1.54, 1.807) is 10.9 Å². The second-order valence-electron chi connectivity index (χ2n) is 3.66. The third-order valence-corrected chi connectivity index (χ3v) is 3.27. The summed E-state index contributed by atoms with van der Waals surface area (Å²) < 4.78 is 0. The monoisotopic (exact) mass is 224 g/mol. The number of hydrogen-bond acceptors (Lipinski definition) is 4. The summed E-state index contributed by atoms with van der Waals surface area (Å²) >= 11 is 1.36. The summed E-state index contributed by atoms with van der Waals surface area (Å²) in [5, 5.41) is 1.68. The average Bonchev–Trinajstić information content (AvgIpc) is 2.85. The molecule has 1 atom stereocenters. The van der Waals surface area contributed by atoms with E-state index in [0.717, 1.165) is 6.42 Å². The first kappa shape index (κ1) is 10.3. The van der Waals surface area contributed by atoms with Gasteiger partial charge in [0.1, 0.15) is 5.69 Å². The van der Waals surface area contributed by atoms with E-state index < -0.39 is 0 Å². The summed E-state index contributed by atoms with van der Waals surface area (Å²) in [6.45, 7) is 2.58. The fraction of sp³-hybridized carbons (Fsp3) is 0.500. The van der Waals surface area contributed by atoms with E-state index in [9.17, 15) is 9.59 Å². The van der Waals surface area contributed by atoms with Crippen LogP contribution in [-0.4, -0.2) is 28.2 Å². The highest BCUT2D eigenvalue weighted by atomic mass is 32.1. The number of imide groups is 1. The summed E-state index contributed by atoms with van der Waals surface area (Å²) in [4.78, 5) is 28.6. The molecule has 1 aromatic heterocycles. The van der Waals surface area contributed by atoms with Gasteiger partial charge in [-0.1, -0.05) is 13.3 Å². The third kappa shape index (κ3) is 1.92.